The molecular weight excluding hydrogens is 296 g/mol. The summed E-state index contributed by atoms with van der Waals surface area (Å²) in [5.74, 6) is 1.77. The Hall–Kier alpha value is -1.98. The molecule has 0 bridgehead atoms. The third-order valence-electron chi connectivity index (χ3n) is 2.89. The second kappa shape index (κ2) is 5.19. The smallest absolute Gasteiger partial charge is 0.186 e. The standard InChI is InChI=1S/C14H11ClN2O2S/c1-18-9-4-2-8(3-5-9)12-13(19-17-14(12)16)10-6-7-11(15)20-10/h2-7H,1H3,(H2,16,17). The Morgan fingerprint density at radius 2 is 1.95 bits per heavy atom. The summed E-state index contributed by atoms with van der Waals surface area (Å²) in [5, 5.41) is 3.86. The van der Waals surface area contributed by atoms with Crippen molar-refractivity contribution in [1.29, 1.82) is 0 Å². The molecule has 0 atom stereocenters. The molecule has 0 aliphatic heterocycles. The van der Waals surface area contributed by atoms with Gasteiger partial charge in [-0.3, -0.25) is 0 Å². The SMILES string of the molecule is COc1ccc(-c2c(N)noc2-c2ccc(Cl)s2)cc1. The van der Waals surface area contributed by atoms with Crippen LogP contribution in [0.25, 0.3) is 21.8 Å². The van der Waals surface area contributed by atoms with Crippen LogP contribution in [-0.2, 0) is 0 Å². The summed E-state index contributed by atoms with van der Waals surface area (Å²) >= 11 is 7.39. The average molecular weight is 307 g/mol. The van der Waals surface area contributed by atoms with E-state index in [1.165, 1.54) is 11.3 Å². The Balaban J connectivity index is 2.10. The van der Waals surface area contributed by atoms with Crippen LogP contribution in [-0.4, -0.2) is 12.3 Å². The van der Waals surface area contributed by atoms with Crippen molar-refractivity contribution in [3.8, 4) is 27.5 Å². The Bertz CT molecular complexity index is 734. The van der Waals surface area contributed by atoms with E-state index in [0.717, 1.165) is 21.8 Å². The van der Waals surface area contributed by atoms with Gasteiger partial charge in [0.1, 0.15) is 5.75 Å². The Morgan fingerprint density at radius 3 is 2.55 bits per heavy atom. The minimum Gasteiger partial charge on any atom is -0.497 e. The zero-order valence-corrected chi connectivity index (χ0v) is 12.2. The van der Waals surface area contributed by atoms with E-state index < -0.39 is 0 Å². The molecule has 20 heavy (non-hydrogen) atoms. The molecule has 3 rings (SSSR count). The van der Waals surface area contributed by atoms with Crippen LogP contribution in [0.2, 0.25) is 4.34 Å². The summed E-state index contributed by atoms with van der Waals surface area (Å²) in [7, 11) is 1.63. The van der Waals surface area contributed by atoms with E-state index >= 15 is 0 Å². The lowest BCUT2D eigenvalue weighted by Gasteiger charge is -2.03. The molecule has 2 aromatic heterocycles. The van der Waals surface area contributed by atoms with Gasteiger partial charge in [0, 0.05) is 0 Å². The van der Waals surface area contributed by atoms with Crippen LogP contribution in [0.15, 0.2) is 40.9 Å². The summed E-state index contributed by atoms with van der Waals surface area (Å²) in [5.41, 5.74) is 7.61. The van der Waals surface area contributed by atoms with Crippen LogP contribution in [0, 0.1) is 0 Å². The molecular formula is C14H11ClN2O2S. The van der Waals surface area contributed by atoms with E-state index in [1.54, 1.807) is 7.11 Å². The van der Waals surface area contributed by atoms with Gasteiger partial charge in [0.05, 0.1) is 21.9 Å². The summed E-state index contributed by atoms with van der Waals surface area (Å²) in [6, 6.07) is 11.3. The van der Waals surface area contributed by atoms with E-state index in [0.29, 0.717) is 15.9 Å². The molecule has 1 aromatic carbocycles. The van der Waals surface area contributed by atoms with Crippen LogP contribution >= 0.6 is 22.9 Å². The van der Waals surface area contributed by atoms with Crippen molar-refractivity contribution in [3.63, 3.8) is 0 Å². The lowest BCUT2D eigenvalue weighted by atomic mass is 10.1. The van der Waals surface area contributed by atoms with Crippen molar-refractivity contribution in [2.75, 3.05) is 12.8 Å². The highest BCUT2D eigenvalue weighted by molar-refractivity contribution is 7.19. The number of halogens is 1. The predicted molar refractivity (Wildman–Crippen MR) is 81.2 cm³/mol. The van der Waals surface area contributed by atoms with Gasteiger partial charge in [-0.2, -0.15) is 0 Å². The molecule has 0 saturated carbocycles. The van der Waals surface area contributed by atoms with Crippen LogP contribution in [0.4, 0.5) is 5.82 Å². The van der Waals surface area contributed by atoms with Gasteiger partial charge in [-0.25, -0.2) is 0 Å². The molecule has 6 heteroatoms. The van der Waals surface area contributed by atoms with Crippen molar-refractivity contribution in [2.45, 2.75) is 0 Å². The van der Waals surface area contributed by atoms with Crippen molar-refractivity contribution >= 4 is 28.8 Å². The maximum atomic E-state index is 5.96. The largest absolute Gasteiger partial charge is 0.497 e. The normalized spacial score (nSPS) is 10.7. The second-order valence-electron chi connectivity index (χ2n) is 4.10. The number of hydrogen-bond acceptors (Lipinski definition) is 5. The van der Waals surface area contributed by atoms with Crippen LogP contribution in [0.5, 0.6) is 5.75 Å². The van der Waals surface area contributed by atoms with Gasteiger partial charge in [-0.05, 0) is 29.8 Å². The van der Waals surface area contributed by atoms with Crippen LogP contribution in [0.1, 0.15) is 0 Å². The average Bonchev–Trinajstić information content (AvgIpc) is 3.05. The number of nitrogen functional groups attached to an aromatic ring is 1. The molecule has 3 aromatic rings. The van der Waals surface area contributed by atoms with E-state index in [-0.39, 0.29) is 0 Å². The molecule has 0 unspecified atom stereocenters. The molecule has 0 saturated heterocycles. The number of hydrogen-bond donors (Lipinski definition) is 1. The van der Waals surface area contributed by atoms with Crippen LogP contribution in [0.3, 0.4) is 0 Å². The summed E-state index contributed by atoms with van der Waals surface area (Å²) in [4.78, 5) is 0.894. The van der Waals surface area contributed by atoms with Gasteiger partial charge >= 0.3 is 0 Å². The molecule has 0 fully saturated rings. The van der Waals surface area contributed by atoms with E-state index in [2.05, 4.69) is 5.16 Å². The molecule has 0 aliphatic rings. The minimum absolute atomic E-state index is 0.356. The number of anilines is 1. The van der Waals surface area contributed by atoms with Gasteiger partial charge in [-0.1, -0.05) is 28.9 Å². The first-order valence-corrected chi connectivity index (χ1v) is 7.04. The predicted octanol–water partition coefficient (Wildman–Crippen LogP) is 4.31. The first kappa shape index (κ1) is 13.0. The lowest BCUT2D eigenvalue weighted by Crippen LogP contribution is -1.89. The number of rotatable bonds is 3. The highest BCUT2D eigenvalue weighted by Gasteiger charge is 2.19. The molecule has 0 spiro atoms. The van der Waals surface area contributed by atoms with Crippen molar-refractivity contribution in [3.05, 3.63) is 40.7 Å². The van der Waals surface area contributed by atoms with Crippen molar-refractivity contribution in [1.82, 2.24) is 5.16 Å². The number of benzene rings is 1. The fourth-order valence-corrected chi connectivity index (χ4v) is 2.97. The molecule has 102 valence electrons. The molecule has 0 aliphatic carbocycles. The van der Waals surface area contributed by atoms with Gasteiger partial charge in [0.2, 0.25) is 0 Å². The fourth-order valence-electron chi connectivity index (χ4n) is 1.94. The monoisotopic (exact) mass is 306 g/mol. The van der Waals surface area contributed by atoms with Gasteiger partial charge in [-0.15, -0.1) is 11.3 Å². The maximum absolute atomic E-state index is 5.96. The highest BCUT2D eigenvalue weighted by Crippen LogP contribution is 2.40. The van der Waals surface area contributed by atoms with E-state index in [9.17, 15) is 0 Å². The van der Waals surface area contributed by atoms with Gasteiger partial charge in [0.15, 0.2) is 11.6 Å². The molecule has 2 heterocycles. The first-order chi connectivity index (χ1) is 9.69. The zero-order valence-electron chi connectivity index (χ0n) is 10.6. The molecule has 0 amide bonds. The Labute approximate surface area is 124 Å². The summed E-state index contributed by atoms with van der Waals surface area (Å²) in [6.45, 7) is 0. The molecule has 4 nitrogen and oxygen atoms in total. The van der Waals surface area contributed by atoms with Gasteiger partial charge in [0.25, 0.3) is 0 Å². The van der Waals surface area contributed by atoms with Crippen LogP contribution < -0.4 is 10.5 Å². The lowest BCUT2D eigenvalue weighted by molar-refractivity contribution is 0.415. The maximum Gasteiger partial charge on any atom is 0.186 e. The second-order valence-corrected chi connectivity index (χ2v) is 5.82. The molecule has 2 N–H and O–H groups in total. The molecule has 0 radical (unpaired) electrons. The number of thiophene rings is 1. The third kappa shape index (κ3) is 2.26. The zero-order chi connectivity index (χ0) is 14.1. The highest BCUT2D eigenvalue weighted by atomic mass is 35.5. The fraction of sp³-hybridized carbons (Fsp3) is 0.0714. The van der Waals surface area contributed by atoms with Gasteiger partial charge < -0.3 is 15.0 Å². The quantitative estimate of drug-likeness (QED) is 0.783. The third-order valence-corrected chi connectivity index (χ3v) is 4.12. The Kier molecular flexibility index (Phi) is 3.38. The van der Waals surface area contributed by atoms with E-state index in [4.69, 9.17) is 26.6 Å². The topological polar surface area (TPSA) is 61.3 Å². The summed E-state index contributed by atoms with van der Waals surface area (Å²) in [6.07, 6.45) is 0. The van der Waals surface area contributed by atoms with Crippen molar-refractivity contribution < 1.29 is 9.26 Å². The number of aromatic nitrogens is 1. The summed E-state index contributed by atoms with van der Waals surface area (Å²) < 4.78 is 11.2. The first-order valence-electron chi connectivity index (χ1n) is 5.84. The van der Waals surface area contributed by atoms with Crippen molar-refractivity contribution in [2.24, 2.45) is 0 Å². The minimum atomic E-state index is 0.356. The number of nitrogens with zero attached hydrogens (tertiary/aromatic N) is 1. The van der Waals surface area contributed by atoms with E-state index in [1.807, 2.05) is 36.4 Å². The number of methoxy groups -OCH3 is 1. The Morgan fingerprint density at radius 1 is 1.20 bits per heavy atom. The number of nitrogens with two attached hydrogens (primary N) is 1. The number of ether oxygens (including phenoxy) is 1.